The fourth-order valence-corrected chi connectivity index (χ4v) is 1.04. The molecule has 0 radical (unpaired) electrons. The summed E-state index contributed by atoms with van der Waals surface area (Å²) in [5, 5.41) is 13.8. The van der Waals surface area contributed by atoms with Crippen molar-refractivity contribution >= 4 is 23.5 Å². The number of non-ortho nitro benzene ring substituents is 1. The van der Waals surface area contributed by atoms with Crippen LogP contribution in [0.4, 0.5) is 5.69 Å². The van der Waals surface area contributed by atoms with Crippen LogP contribution in [-0.2, 0) is 0 Å². The van der Waals surface area contributed by atoms with Gasteiger partial charge in [-0.1, -0.05) is 11.6 Å². The smallest absolute Gasteiger partial charge is 0.270 e. The Morgan fingerprint density at radius 3 is 2.77 bits per heavy atom. The number of benzene rings is 1. The molecule has 0 bridgehead atoms. The maximum Gasteiger partial charge on any atom is 0.270 e. The maximum absolute atomic E-state index is 10.3. The van der Waals surface area contributed by atoms with E-state index < -0.39 is 4.92 Å². The van der Waals surface area contributed by atoms with Gasteiger partial charge in [0.25, 0.3) is 5.69 Å². The van der Waals surface area contributed by atoms with Crippen molar-refractivity contribution in [1.82, 2.24) is 0 Å². The molecule has 0 aliphatic carbocycles. The molecule has 0 aliphatic rings. The molecular weight excluding hydrogens is 194 g/mol. The van der Waals surface area contributed by atoms with Crippen LogP contribution in [0.1, 0.15) is 5.56 Å². The van der Waals surface area contributed by atoms with E-state index in [9.17, 15) is 10.1 Å². The molecule has 0 spiro atoms. The van der Waals surface area contributed by atoms with Gasteiger partial charge >= 0.3 is 0 Å². The van der Waals surface area contributed by atoms with Crippen molar-refractivity contribution in [3.8, 4) is 0 Å². The Morgan fingerprint density at radius 1 is 1.62 bits per heavy atom. The lowest BCUT2D eigenvalue weighted by atomic mass is 10.2. The van der Waals surface area contributed by atoms with Gasteiger partial charge in [0.15, 0.2) is 0 Å². The van der Waals surface area contributed by atoms with E-state index in [4.69, 9.17) is 17.4 Å². The van der Waals surface area contributed by atoms with Crippen LogP contribution in [-0.4, -0.2) is 11.1 Å². The van der Waals surface area contributed by atoms with E-state index in [-0.39, 0.29) is 10.7 Å². The standard InChI is InChI=1S/C7H6ClN3O2/c8-7-3-6(11(12)13)2-1-5(7)4-10-9/h1-4H,9H2/b10-4+. The predicted octanol–water partition coefficient (Wildman–Crippen LogP) is 1.54. The molecule has 0 aromatic heterocycles. The van der Waals surface area contributed by atoms with Crippen molar-refractivity contribution in [2.75, 3.05) is 0 Å². The lowest BCUT2D eigenvalue weighted by Crippen LogP contribution is -1.91. The molecule has 0 atom stereocenters. The molecule has 2 N–H and O–H groups in total. The third-order valence-electron chi connectivity index (χ3n) is 1.41. The number of rotatable bonds is 2. The van der Waals surface area contributed by atoms with Crippen LogP contribution in [0.5, 0.6) is 0 Å². The minimum absolute atomic E-state index is 0.0563. The molecule has 0 amide bonds. The largest absolute Gasteiger partial charge is 0.323 e. The molecule has 0 fully saturated rings. The summed E-state index contributed by atoms with van der Waals surface area (Å²) in [6.45, 7) is 0. The Bertz CT molecular complexity index is 365. The van der Waals surface area contributed by atoms with Gasteiger partial charge in [-0.15, -0.1) is 0 Å². The fraction of sp³-hybridized carbons (Fsp3) is 0. The molecule has 0 unspecified atom stereocenters. The highest BCUT2D eigenvalue weighted by atomic mass is 35.5. The molecular formula is C7H6ClN3O2. The third kappa shape index (κ3) is 2.16. The first-order valence-corrected chi connectivity index (χ1v) is 3.70. The zero-order valence-electron chi connectivity index (χ0n) is 6.48. The van der Waals surface area contributed by atoms with Gasteiger partial charge in [0.05, 0.1) is 16.2 Å². The Hall–Kier alpha value is -1.62. The SMILES string of the molecule is N/N=C/c1ccc([N+](=O)[O-])cc1Cl. The summed E-state index contributed by atoms with van der Waals surface area (Å²) in [5.74, 6) is 4.90. The highest BCUT2D eigenvalue weighted by molar-refractivity contribution is 6.33. The zero-order valence-corrected chi connectivity index (χ0v) is 7.23. The Kier molecular flexibility index (Phi) is 2.81. The first kappa shape index (κ1) is 9.47. The minimum atomic E-state index is -0.519. The number of nitrogens with zero attached hydrogens (tertiary/aromatic N) is 2. The summed E-state index contributed by atoms with van der Waals surface area (Å²) in [6.07, 6.45) is 1.33. The Morgan fingerprint density at radius 2 is 2.31 bits per heavy atom. The van der Waals surface area contributed by atoms with Crippen LogP contribution in [0.25, 0.3) is 0 Å². The van der Waals surface area contributed by atoms with Crippen molar-refractivity contribution in [2.24, 2.45) is 10.9 Å². The van der Waals surface area contributed by atoms with E-state index in [0.717, 1.165) is 0 Å². The second kappa shape index (κ2) is 3.86. The topological polar surface area (TPSA) is 81.5 Å². The molecule has 5 nitrogen and oxygen atoms in total. The normalized spacial score (nSPS) is 10.5. The molecule has 0 aliphatic heterocycles. The van der Waals surface area contributed by atoms with Crippen LogP contribution >= 0.6 is 11.6 Å². The van der Waals surface area contributed by atoms with Gasteiger partial charge in [0.1, 0.15) is 0 Å². The van der Waals surface area contributed by atoms with Crippen molar-refractivity contribution in [2.45, 2.75) is 0 Å². The van der Waals surface area contributed by atoms with Crippen molar-refractivity contribution in [1.29, 1.82) is 0 Å². The van der Waals surface area contributed by atoms with E-state index in [1.165, 1.54) is 24.4 Å². The molecule has 0 saturated carbocycles. The highest BCUT2D eigenvalue weighted by Crippen LogP contribution is 2.20. The summed E-state index contributed by atoms with van der Waals surface area (Å²) in [7, 11) is 0. The number of nitrogens with two attached hydrogens (primary N) is 1. The van der Waals surface area contributed by atoms with E-state index in [0.29, 0.717) is 5.56 Å². The van der Waals surface area contributed by atoms with Gasteiger partial charge < -0.3 is 5.84 Å². The summed E-state index contributed by atoms with van der Waals surface area (Å²) < 4.78 is 0. The molecule has 13 heavy (non-hydrogen) atoms. The second-order valence-electron chi connectivity index (χ2n) is 2.24. The summed E-state index contributed by atoms with van der Waals surface area (Å²) in [6, 6.07) is 4.07. The minimum Gasteiger partial charge on any atom is -0.323 e. The van der Waals surface area contributed by atoms with E-state index >= 15 is 0 Å². The Balaban J connectivity index is 3.12. The monoisotopic (exact) mass is 199 g/mol. The number of hydrazone groups is 1. The van der Waals surface area contributed by atoms with Gasteiger partial charge in [-0.3, -0.25) is 10.1 Å². The number of hydrogen-bond donors (Lipinski definition) is 1. The first-order valence-electron chi connectivity index (χ1n) is 3.32. The van der Waals surface area contributed by atoms with Gasteiger partial charge in [0, 0.05) is 17.7 Å². The molecule has 0 heterocycles. The molecule has 6 heteroatoms. The summed E-state index contributed by atoms with van der Waals surface area (Å²) >= 11 is 5.70. The number of nitro benzene ring substituents is 1. The van der Waals surface area contributed by atoms with Crippen molar-refractivity contribution in [3.63, 3.8) is 0 Å². The highest BCUT2D eigenvalue weighted by Gasteiger charge is 2.07. The lowest BCUT2D eigenvalue weighted by molar-refractivity contribution is -0.384. The van der Waals surface area contributed by atoms with Crippen LogP contribution < -0.4 is 5.84 Å². The second-order valence-corrected chi connectivity index (χ2v) is 2.65. The van der Waals surface area contributed by atoms with Crippen LogP contribution in [0, 0.1) is 10.1 Å². The molecule has 68 valence electrons. The molecule has 1 aromatic carbocycles. The first-order chi connectivity index (χ1) is 6.15. The van der Waals surface area contributed by atoms with Gasteiger partial charge in [0.2, 0.25) is 0 Å². The maximum atomic E-state index is 10.3. The van der Waals surface area contributed by atoms with Gasteiger partial charge in [-0.05, 0) is 6.07 Å². The summed E-state index contributed by atoms with van der Waals surface area (Å²) in [5.41, 5.74) is 0.494. The Labute approximate surface area is 79.0 Å². The molecule has 1 aromatic rings. The van der Waals surface area contributed by atoms with Crippen molar-refractivity contribution < 1.29 is 4.92 Å². The lowest BCUT2D eigenvalue weighted by Gasteiger charge is -1.96. The zero-order chi connectivity index (χ0) is 9.84. The van der Waals surface area contributed by atoms with Gasteiger partial charge in [-0.2, -0.15) is 5.10 Å². The third-order valence-corrected chi connectivity index (χ3v) is 1.74. The fourth-order valence-electron chi connectivity index (χ4n) is 0.815. The van der Waals surface area contributed by atoms with E-state index in [1.54, 1.807) is 0 Å². The summed E-state index contributed by atoms with van der Waals surface area (Å²) in [4.78, 5) is 9.79. The van der Waals surface area contributed by atoms with Gasteiger partial charge in [-0.25, -0.2) is 0 Å². The van der Waals surface area contributed by atoms with Crippen molar-refractivity contribution in [3.05, 3.63) is 38.9 Å². The van der Waals surface area contributed by atoms with Crippen LogP contribution in [0.2, 0.25) is 5.02 Å². The number of halogens is 1. The molecule has 0 saturated heterocycles. The van der Waals surface area contributed by atoms with Crippen LogP contribution in [0.3, 0.4) is 0 Å². The number of hydrogen-bond acceptors (Lipinski definition) is 4. The predicted molar refractivity (Wildman–Crippen MR) is 49.9 cm³/mol. The quantitative estimate of drug-likeness (QED) is 0.340. The van der Waals surface area contributed by atoms with Crippen LogP contribution in [0.15, 0.2) is 23.3 Å². The average Bonchev–Trinajstić information content (AvgIpc) is 2.08. The van der Waals surface area contributed by atoms with E-state index in [1.807, 2.05) is 0 Å². The van der Waals surface area contributed by atoms with E-state index in [2.05, 4.69) is 5.10 Å². The average molecular weight is 200 g/mol. The number of nitro groups is 1. The molecule has 1 rings (SSSR count).